The smallest absolute Gasteiger partial charge is 0.240 e. The summed E-state index contributed by atoms with van der Waals surface area (Å²) >= 11 is 0. The molecule has 2 heterocycles. The van der Waals surface area contributed by atoms with Crippen molar-refractivity contribution in [2.75, 3.05) is 18.0 Å². The highest BCUT2D eigenvalue weighted by molar-refractivity contribution is 6.07. The second-order valence-electron chi connectivity index (χ2n) is 9.15. The van der Waals surface area contributed by atoms with E-state index in [-0.39, 0.29) is 36.1 Å². The first kappa shape index (κ1) is 20.7. The molecule has 2 aliphatic heterocycles. The molecule has 3 aliphatic rings. The third-order valence-electron chi connectivity index (χ3n) is 7.10. The van der Waals surface area contributed by atoms with Crippen molar-refractivity contribution in [2.24, 2.45) is 11.8 Å². The zero-order valence-electron chi connectivity index (χ0n) is 18.3. The summed E-state index contributed by atoms with van der Waals surface area (Å²) in [6.07, 6.45) is 4.59. The third-order valence-corrected chi connectivity index (χ3v) is 7.10. The maximum absolute atomic E-state index is 12.5. The molecule has 2 aromatic carbocycles. The van der Waals surface area contributed by atoms with Crippen molar-refractivity contribution in [3.05, 3.63) is 65.2 Å². The molecule has 1 saturated carbocycles. The second kappa shape index (κ2) is 8.77. The minimum Gasteiger partial charge on any atom is -0.367 e. The Hall–Kier alpha value is -3.15. The summed E-state index contributed by atoms with van der Waals surface area (Å²) in [6.45, 7) is 2.11. The number of carbonyl (C=O) groups excluding carboxylic acids is 3. The van der Waals surface area contributed by atoms with Crippen LogP contribution in [0.2, 0.25) is 0 Å². The van der Waals surface area contributed by atoms with Crippen molar-refractivity contribution in [3.8, 4) is 0 Å². The molecule has 1 saturated heterocycles. The van der Waals surface area contributed by atoms with Gasteiger partial charge < -0.3 is 10.2 Å². The van der Waals surface area contributed by atoms with E-state index >= 15 is 0 Å². The maximum Gasteiger partial charge on any atom is 0.240 e. The van der Waals surface area contributed by atoms with E-state index in [9.17, 15) is 14.4 Å². The molecular formula is C26H29N3O3. The molecule has 0 spiro atoms. The van der Waals surface area contributed by atoms with Crippen LogP contribution in [0.5, 0.6) is 0 Å². The van der Waals surface area contributed by atoms with Crippen molar-refractivity contribution in [3.63, 3.8) is 0 Å². The molecule has 0 bridgehead atoms. The molecule has 0 aromatic heterocycles. The molecule has 5 rings (SSSR count). The van der Waals surface area contributed by atoms with Crippen LogP contribution in [0.3, 0.4) is 0 Å². The van der Waals surface area contributed by atoms with Crippen molar-refractivity contribution < 1.29 is 14.4 Å². The van der Waals surface area contributed by atoms with Crippen LogP contribution in [-0.2, 0) is 33.9 Å². The third kappa shape index (κ3) is 4.01. The van der Waals surface area contributed by atoms with E-state index < -0.39 is 0 Å². The number of rotatable bonds is 6. The monoisotopic (exact) mass is 431 g/mol. The van der Waals surface area contributed by atoms with E-state index in [1.54, 1.807) is 0 Å². The van der Waals surface area contributed by atoms with Crippen LogP contribution in [0.25, 0.3) is 0 Å². The van der Waals surface area contributed by atoms with Crippen LogP contribution in [0.4, 0.5) is 5.69 Å². The van der Waals surface area contributed by atoms with Crippen molar-refractivity contribution >= 4 is 23.4 Å². The first-order chi connectivity index (χ1) is 15.6. The van der Waals surface area contributed by atoms with Crippen molar-refractivity contribution in [1.82, 2.24) is 10.2 Å². The molecule has 2 aromatic rings. The number of nitrogens with zero attached hydrogens (tertiary/aromatic N) is 2. The SMILES string of the molecule is O=C(CN1C(=O)C2CCCCC2C1=O)NCc1ccc(CN2CCc3ccccc32)cc1. The topological polar surface area (TPSA) is 69.7 Å². The molecule has 6 nitrogen and oxygen atoms in total. The van der Waals surface area contributed by atoms with Gasteiger partial charge >= 0.3 is 0 Å². The quantitative estimate of drug-likeness (QED) is 0.714. The van der Waals surface area contributed by atoms with Crippen LogP contribution < -0.4 is 10.2 Å². The molecule has 6 heteroatoms. The first-order valence-corrected chi connectivity index (χ1v) is 11.6. The number of fused-ring (bicyclic) bond motifs is 2. The van der Waals surface area contributed by atoms with E-state index in [4.69, 9.17) is 0 Å². The van der Waals surface area contributed by atoms with E-state index in [1.165, 1.54) is 21.7 Å². The number of benzene rings is 2. The van der Waals surface area contributed by atoms with Gasteiger partial charge in [0.25, 0.3) is 0 Å². The predicted molar refractivity (Wildman–Crippen MR) is 122 cm³/mol. The van der Waals surface area contributed by atoms with Gasteiger partial charge in [-0.25, -0.2) is 0 Å². The fraction of sp³-hybridized carbons (Fsp3) is 0.423. The molecule has 1 N–H and O–H groups in total. The minimum atomic E-state index is -0.289. The number of hydrogen-bond donors (Lipinski definition) is 1. The Bertz CT molecular complexity index is 1010. The molecule has 1 aliphatic carbocycles. The molecule has 2 atom stereocenters. The van der Waals surface area contributed by atoms with Gasteiger partial charge in [-0.1, -0.05) is 55.3 Å². The van der Waals surface area contributed by atoms with Crippen molar-refractivity contribution in [2.45, 2.75) is 45.2 Å². The normalized spacial score (nSPS) is 22.1. The highest BCUT2D eigenvalue weighted by Crippen LogP contribution is 2.37. The fourth-order valence-electron chi connectivity index (χ4n) is 5.34. The van der Waals surface area contributed by atoms with Gasteiger partial charge in [0, 0.05) is 25.3 Å². The van der Waals surface area contributed by atoms with Crippen LogP contribution in [-0.4, -0.2) is 35.7 Å². The number of nitrogens with one attached hydrogen (secondary N) is 1. The Morgan fingerprint density at radius 3 is 2.28 bits per heavy atom. The van der Waals surface area contributed by atoms with E-state index in [2.05, 4.69) is 46.6 Å². The molecule has 2 fully saturated rings. The minimum absolute atomic E-state index is 0.164. The molecule has 2 unspecified atom stereocenters. The van der Waals surface area contributed by atoms with Crippen molar-refractivity contribution in [1.29, 1.82) is 0 Å². The Morgan fingerprint density at radius 1 is 0.906 bits per heavy atom. The predicted octanol–water partition coefficient (Wildman–Crippen LogP) is 3.04. The van der Waals surface area contributed by atoms with Crippen LogP contribution in [0, 0.1) is 11.8 Å². The van der Waals surface area contributed by atoms with Gasteiger partial charge in [-0.3, -0.25) is 19.3 Å². The standard InChI is InChI=1S/C26H29N3O3/c30-24(17-29-25(31)21-6-2-3-7-22(21)26(29)32)27-15-18-9-11-19(12-10-18)16-28-14-13-20-5-1-4-8-23(20)28/h1,4-5,8-12,21-22H,2-3,6-7,13-17H2,(H,27,30). The summed E-state index contributed by atoms with van der Waals surface area (Å²) in [6, 6.07) is 16.8. The van der Waals surface area contributed by atoms with Crippen LogP contribution in [0.15, 0.2) is 48.5 Å². The highest BCUT2D eigenvalue weighted by Gasteiger charge is 2.48. The van der Waals surface area contributed by atoms with Gasteiger partial charge in [-0.15, -0.1) is 0 Å². The number of likely N-dealkylation sites (tertiary alicyclic amines) is 1. The largest absolute Gasteiger partial charge is 0.367 e. The average molecular weight is 432 g/mol. The zero-order chi connectivity index (χ0) is 22.1. The fourth-order valence-corrected chi connectivity index (χ4v) is 5.34. The Kier molecular flexibility index (Phi) is 5.68. The first-order valence-electron chi connectivity index (χ1n) is 11.6. The highest BCUT2D eigenvalue weighted by atomic mass is 16.2. The number of hydrogen-bond acceptors (Lipinski definition) is 4. The van der Waals surface area contributed by atoms with Crippen LogP contribution in [0.1, 0.15) is 42.4 Å². The molecule has 0 radical (unpaired) electrons. The Labute approximate surface area is 188 Å². The van der Waals surface area contributed by atoms with E-state index in [0.717, 1.165) is 50.8 Å². The Morgan fingerprint density at radius 2 is 1.56 bits per heavy atom. The summed E-state index contributed by atoms with van der Waals surface area (Å²) in [4.78, 5) is 41.1. The summed E-state index contributed by atoms with van der Waals surface area (Å²) in [7, 11) is 0. The summed E-state index contributed by atoms with van der Waals surface area (Å²) in [5.74, 6) is -1.04. The van der Waals surface area contributed by atoms with Gasteiger partial charge in [0.2, 0.25) is 17.7 Å². The molecular weight excluding hydrogens is 402 g/mol. The van der Waals surface area contributed by atoms with E-state index in [1.807, 2.05) is 12.1 Å². The lowest BCUT2D eigenvalue weighted by Crippen LogP contribution is -2.40. The number of carbonyl (C=O) groups is 3. The lowest BCUT2D eigenvalue weighted by Gasteiger charge is -2.19. The van der Waals surface area contributed by atoms with Gasteiger partial charge in [-0.2, -0.15) is 0 Å². The summed E-state index contributed by atoms with van der Waals surface area (Å²) in [5, 5.41) is 2.86. The lowest BCUT2D eigenvalue weighted by atomic mass is 9.81. The van der Waals surface area contributed by atoms with Crippen LogP contribution >= 0.6 is 0 Å². The zero-order valence-corrected chi connectivity index (χ0v) is 18.3. The lowest BCUT2D eigenvalue weighted by molar-refractivity contribution is -0.143. The number of anilines is 1. The molecule has 32 heavy (non-hydrogen) atoms. The van der Waals surface area contributed by atoms with Gasteiger partial charge in [-0.05, 0) is 42.0 Å². The van der Waals surface area contributed by atoms with Gasteiger partial charge in [0.05, 0.1) is 11.8 Å². The second-order valence-corrected chi connectivity index (χ2v) is 9.15. The van der Waals surface area contributed by atoms with Gasteiger partial charge in [0.1, 0.15) is 6.54 Å². The number of imide groups is 1. The Balaban J connectivity index is 1.13. The molecule has 166 valence electrons. The average Bonchev–Trinajstić information content (AvgIpc) is 3.33. The van der Waals surface area contributed by atoms with E-state index in [0.29, 0.717) is 6.54 Å². The summed E-state index contributed by atoms with van der Waals surface area (Å²) < 4.78 is 0. The molecule has 3 amide bonds. The number of amides is 3. The summed E-state index contributed by atoms with van der Waals surface area (Å²) in [5.41, 5.74) is 4.94. The maximum atomic E-state index is 12.5. The van der Waals surface area contributed by atoms with Gasteiger partial charge in [0.15, 0.2) is 0 Å². The number of para-hydroxylation sites is 1.